The van der Waals surface area contributed by atoms with E-state index in [-0.39, 0.29) is 24.0 Å². The predicted molar refractivity (Wildman–Crippen MR) is 127 cm³/mol. The Morgan fingerprint density at radius 2 is 1.79 bits per heavy atom. The smallest absolute Gasteiger partial charge is 0.194 e. The van der Waals surface area contributed by atoms with Crippen LogP contribution in [0.3, 0.4) is 0 Å². The molecule has 0 amide bonds. The fraction of sp³-hybridized carbons (Fsp3) is 0.286. The molecular weight excluding hydrogens is 477 g/mol. The molecule has 29 heavy (non-hydrogen) atoms. The molecule has 152 valence electrons. The highest BCUT2D eigenvalue weighted by atomic mass is 127. The molecule has 1 saturated heterocycles. The first-order chi connectivity index (χ1) is 13.8. The molecule has 3 heterocycles. The van der Waals surface area contributed by atoms with Gasteiger partial charge in [0.15, 0.2) is 5.96 Å². The number of nitrogens with zero attached hydrogens (tertiary/aromatic N) is 6. The fourth-order valence-corrected chi connectivity index (χ4v) is 3.39. The summed E-state index contributed by atoms with van der Waals surface area (Å²) in [5.41, 5.74) is 2.27. The summed E-state index contributed by atoms with van der Waals surface area (Å²) in [5, 5.41) is 7.74. The molecule has 4 rings (SSSR count). The first-order valence-corrected chi connectivity index (χ1v) is 9.54. The van der Waals surface area contributed by atoms with E-state index in [1.165, 1.54) is 5.56 Å². The van der Waals surface area contributed by atoms with Gasteiger partial charge in [0.1, 0.15) is 5.82 Å². The second-order valence-electron chi connectivity index (χ2n) is 6.68. The molecule has 3 aromatic rings. The van der Waals surface area contributed by atoms with Crippen LogP contribution in [0.25, 0.3) is 5.69 Å². The van der Waals surface area contributed by atoms with Crippen LogP contribution in [0.4, 0.5) is 5.82 Å². The maximum absolute atomic E-state index is 4.47. The number of aromatic nitrogens is 3. The lowest BCUT2D eigenvalue weighted by molar-refractivity contribution is 0.371. The second kappa shape index (κ2) is 10.2. The third kappa shape index (κ3) is 5.26. The predicted octanol–water partition coefficient (Wildman–Crippen LogP) is 2.78. The highest BCUT2D eigenvalue weighted by Crippen LogP contribution is 2.13. The van der Waals surface area contributed by atoms with E-state index in [4.69, 9.17) is 0 Å². The van der Waals surface area contributed by atoms with E-state index in [0.29, 0.717) is 0 Å². The molecule has 2 aromatic heterocycles. The van der Waals surface area contributed by atoms with E-state index in [1.54, 1.807) is 6.20 Å². The van der Waals surface area contributed by atoms with Crippen molar-refractivity contribution in [1.29, 1.82) is 0 Å². The third-order valence-electron chi connectivity index (χ3n) is 4.92. The van der Waals surface area contributed by atoms with Gasteiger partial charge in [-0.25, -0.2) is 9.67 Å². The minimum atomic E-state index is 0. The second-order valence-corrected chi connectivity index (χ2v) is 6.68. The quantitative estimate of drug-likeness (QED) is 0.337. The van der Waals surface area contributed by atoms with Gasteiger partial charge in [-0.05, 0) is 35.9 Å². The van der Waals surface area contributed by atoms with Gasteiger partial charge in [0.05, 0.1) is 5.69 Å². The third-order valence-corrected chi connectivity index (χ3v) is 4.92. The van der Waals surface area contributed by atoms with Crippen molar-refractivity contribution in [3.63, 3.8) is 0 Å². The first-order valence-electron chi connectivity index (χ1n) is 9.54. The Morgan fingerprint density at radius 3 is 2.41 bits per heavy atom. The summed E-state index contributed by atoms with van der Waals surface area (Å²) in [4.78, 5) is 13.5. The topological polar surface area (TPSA) is 61.6 Å². The first kappa shape index (κ1) is 21.1. The summed E-state index contributed by atoms with van der Waals surface area (Å²) in [5.74, 6) is 1.99. The molecule has 1 aliphatic rings. The van der Waals surface area contributed by atoms with Crippen LogP contribution >= 0.6 is 24.0 Å². The summed E-state index contributed by atoms with van der Waals surface area (Å²) < 4.78 is 1.86. The van der Waals surface area contributed by atoms with E-state index < -0.39 is 0 Å². The fourth-order valence-electron chi connectivity index (χ4n) is 3.39. The molecule has 0 atom stereocenters. The van der Waals surface area contributed by atoms with Crippen molar-refractivity contribution in [3.05, 3.63) is 72.7 Å². The highest BCUT2D eigenvalue weighted by Gasteiger charge is 2.20. The number of guanidine groups is 1. The van der Waals surface area contributed by atoms with Crippen molar-refractivity contribution in [2.24, 2.45) is 4.99 Å². The number of pyridine rings is 1. The Morgan fingerprint density at radius 1 is 1.00 bits per heavy atom. The average Bonchev–Trinajstić information content (AvgIpc) is 3.31. The van der Waals surface area contributed by atoms with Crippen molar-refractivity contribution < 1.29 is 0 Å². The van der Waals surface area contributed by atoms with E-state index in [1.807, 2.05) is 42.3 Å². The molecule has 0 unspecified atom stereocenters. The van der Waals surface area contributed by atoms with Crippen molar-refractivity contribution >= 4 is 35.8 Å². The standard InChI is InChI=1S/C21H25N7.HI/c1-22-21(27-15-13-26(14-16-27)20-5-2-3-10-23-20)24-17-18-6-8-19(9-7-18)28-12-4-11-25-28;/h2-12H,13-17H2,1H3,(H,22,24);1H. The molecule has 1 aromatic carbocycles. The van der Waals surface area contributed by atoms with Crippen molar-refractivity contribution in [1.82, 2.24) is 25.0 Å². The lowest BCUT2D eigenvalue weighted by Gasteiger charge is -2.37. The zero-order chi connectivity index (χ0) is 19.2. The molecule has 8 heteroatoms. The van der Waals surface area contributed by atoms with Gasteiger partial charge in [-0.2, -0.15) is 5.10 Å². The van der Waals surface area contributed by atoms with Gasteiger partial charge in [-0.3, -0.25) is 4.99 Å². The van der Waals surface area contributed by atoms with Crippen LogP contribution in [0.2, 0.25) is 0 Å². The minimum absolute atomic E-state index is 0. The van der Waals surface area contributed by atoms with E-state index in [9.17, 15) is 0 Å². The number of rotatable bonds is 4. The molecule has 0 radical (unpaired) electrons. The number of hydrogen-bond donors (Lipinski definition) is 1. The van der Waals surface area contributed by atoms with Gasteiger partial charge in [-0.15, -0.1) is 24.0 Å². The maximum Gasteiger partial charge on any atom is 0.194 e. The summed E-state index contributed by atoms with van der Waals surface area (Å²) in [6.07, 6.45) is 5.58. The van der Waals surface area contributed by atoms with Crippen LogP contribution in [-0.4, -0.2) is 58.9 Å². The van der Waals surface area contributed by atoms with Crippen LogP contribution in [0.15, 0.2) is 72.1 Å². The van der Waals surface area contributed by atoms with Crippen LogP contribution in [-0.2, 0) is 6.54 Å². The summed E-state index contributed by atoms with van der Waals surface area (Å²) in [7, 11) is 1.84. The van der Waals surface area contributed by atoms with Gasteiger partial charge in [0.2, 0.25) is 0 Å². The van der Waals surface area contributed by atoms with Crippen LogP contribution in [0.1, 0.15) is 5.56 Å². The lowest BCUT2D eigenvalue weighted by atomic mass is 10.2. The summed E-state index contributed by atoms with van der Waals surface area (Å²) in [6.45, 7) is 4.47. The Hall–Kier alpha value is -2.62. The zero-order valence-corrected chi connectivity index (χ0v) is 18.8. The average molecular weight is 503 g/mol. The number of halogens is 1. The zero-order valence-electron chi connectivity index (χ0n) is 16.5. The Bertz CT molecular complexity index is 887. The van der Waals surface area contributed by atoms with E-state index >= 15 is 0 Å². The maximum atomic E-state index is 4.47. The minimum Gasteiger partial charge on any atom is -0.353 e. The summed E-state index contributed by atoms with van der Waals surface area (Å²) in [6, 6.07) is 16.4. The van der Waals surface area contributed by atoms with E-state index in [0.717, 1.165) is 50.2 Å². The molecule has 0 saturated carbocycles. The van der Waals surface area contributed by atoms with E-state index in [2.05, 4.69) is 60.5 Å². The number of hydrogen-bond acceptors (Lipinski definition) is 4. The Kier molecular flexibility index (Phi) is 7.45. The molecule has 1 N–H and O–H groups in total. The normalized spacial score (nSPS) is 14.4. The van der Waals surface area contributed by atoms with Crippen molar-refractivity contribution in [3.8, 4) is 5.69 Å². The van der Waals surface area contributed by atoms with Crippen molar-refractivity contribution in [2.75, 3.05) is 38.1 Å². The van der Waals surface area contributed by atoms with Crippen LogP contribution in [0, 0.1) is 0 Å². The summed E-state index contributed by atoms with van der Waals surface area (Å²) >= 11 is 0. The molecule has 1 aliphatic heterocycles. The van der Waals surface area contributed by atoms with Gasteiger partial charge in [0, 0.05) is 58.4 Å². The Balaban J connectivity index is 0.00000240. The number of benzene rings is 1. The van der Waals surface area contributed by atoms with Crippen LogP contribution < -0.4 is 10.2 Å². The molecule has 0 bridgehead atoms. The van der Waals surface area contributed by atoms with Gasteiger partial charge >= 0.3 is 0 Å². The Labute approximate surface area is 188 Å². The molecule has 1 fully saturated rings. The van der Waals surface area contributed by atoms with Crippen molar-refractivity contribution in [2.45, 2.75) is 6.54 Å². The number of piperazine rings is 1. The van der Waals surface area contributed by atoms with Gasteiger partial charge in [-0.1, -0.05) is 18.2 Å². The van der Waals surface area contributed by atoms with Crippen LogP contribution in [0.5, 0.6) is 0 Å². The van der Waals surface area contributed by atoms with Gasteiger partial charge in [0.25, 0.3) is 0 Å². The number of anilines is 1. The molecule has 0 spiro atoms. The number of aliphatic imine (C=N–C) groups is 1. The highest BCUT2D eigenvalue weighted by molar-refractivity contribution is 14.0. The molecule has 0 aliphatic carbocycles. The lowest BCUT2D eigenvalue weighted by Crippen LogP contribution is -2.52. The number of nitrogens with one attached hydrogen (secondary N) is 1. The molecule has 7 nitrogen and oxygen atoms in total. The largest absolute Gasteiger partial charge is 0.353 e. The SMILES string of the molecule is CN=C(NCc1ccc(-n2cccn2)cc1)N1CCN(c2ccccn2)CC1.I. The van der Waals surface area contributed by atoms with Gasteiger partial charge < -0.3 is 15.1 Å². The molecular formula is C21H26IN7. The monoisotopic (exact) mass is 503 g/mol.